The van der Waals surface area contributed by atoms with Crippen LogP contribution in [0.4, 0.5) is 0 Å². The van der Waals surface area contributed by atoms with Gasteiger partial charge in [-0.25, -0.2) is 16.2 Å². The summed E-state index contributed by atoms with van der Waals surface area (Å²) in [6.45, 7) is 16.8. The SMILES string of the molecule is [C-]#[N+][C@H](C)C(=O)N[C@@H](C)C(=O)OCCOCCOCCOCCOC(=O)C(=C)C. The van der Waals surface area contributed by atoms with E-state index in [0.717, 1.165) is 0 Å². The lowest BCUT2D eigenvalue weighted by Gasteiger charge is -2.13. The predicted molar refractivity (Wildman–Crippen MR) is 103 cm³/mol. The fourth-order valence-corrected chi connectivity index (χ4v) is 1.64. The third-order valence-corrected chi connectivity index (χ3v) is 3.31. The van der Waals surface area contributed by atoms with E-state index >= 15 is 0 Å². The van der Waals surface area contributed by atoms with Gasteiger partial charge in [-0.05, 0) is 13.8 Å². The molecule has 1 N–H and O–H groups in total. The summed E-state index contributed by atoms with van der Waals surface area (Å²) in [5.74, 6) is -1.56. The molecule has 0 saturated heterocycles. The van der Waals surface area contributed by atoms with Crippen LogP contribution in [0.3, 0.4) is 0 Å². The molecule has 0 unspecified atom stereocenters. The fraction of sp³-hybridized carbons (Fsp3) is 0.684. The van der Waals surface area contributed by atoms with Crippen LogP contribution in [0.15, 0.2) is 12.2 Å². The number of nitrogens with one attached hydrogen (secondary N) is 1. The Labute approximate surface area is 171 Å². The van der Waals surface area contributed by atoms with Crippen molar-refractivity contribution in [2.75, 3.05) is 52.9 Å². The van der Waals surface area contributed by atoms with Gasteiger partial charge in [-0.15, -0.1) is 0 Å². The summed E-state index contributed by atoms with van der Waals surface area (Å²) in [5.41, 5.74) is 0.343. The minimum atomic E-state index is -0.849. The molecule has 0 bridgehead atoms. The standard InChI is InChI=1S/C19H30N2O8/c1-14(2)18(23)28-12-10-26-8-6-25-7-9-27-11-13-29-19(24)16(4)21-17(22)15(3)20-5/h15-16H,1,6-13H2,2-4H3,(H,21,22)/t15-,16+/m1/s1. The highest BCUT2D eigenvalue weighted by atomic mass is 16.6. The molecule has 0 aliphatic rings. The fourth-order valence-electron chi connectivity index (χ4n) is 1.64. The van der Waals surface area contributed by atoms with Gasteiger partial charge in [0.05, 0.1) is 39.6 Å². The highest BCUT2D eigenvalue weighted by molar-refractivity contribution is 5.88. The van der Waals surface area contributed by atoms with E-state index in [1.165, 1.54) is 13.8 Å². The summed E-state index contributed by atoms with van der Waals surface area (Å²) in [6, 6.07) is -1.68. The van der Waals surface area contributed by atoms with E-state index in [2.05, 4.69) is 16.7 Å². The van der Waals surface area contributed by atoms with Gasteiger partial charge >= 0.3 is 17.8 Å². The number of hydrogen-bond donors (Lipinski definition) is 1. The lowest BCUT2D eigenvalue weighted by atomic mass is 10.3. The molecule has 0 fully saturated rings. The second kappa shape index (κ2) is 16.5. The van der Waals surface area contributed by atoms with Crippen molar-refractivity contribution in [3.05, 3.63) is 23.6 Å². The second-order valence-corrected chi connectivity index (χ2v) is 5.96. The zero-order valence-corrected chi connectivity index (χ0v) is 17.2. The molecule has 0 aliphatic carbocycles. The van der Waals surface area contributed by atoms with Crippen molar-refractivity contribution in [1.29, 1.82) is 0 Å². The monoisotopic (exact) mass is 414 g/mol. The maximum atomic E-state index is 11.7. The van der Waals surface area contributed by atoms with Crippen LogP contribution in [-0.2, 0) is 38.1 Å². The Hall–Kier alpha value is -2.48. The smallest absolute Gasteiger partial charge is 0.333 e. The number of hydrogen-bond acceptors (Lipinski definition) is 8. The molecule has 2 atom stereocenters. The van der Waals surface area contributed by atoms with E-state index in [4.69, 9.17) is 30.3 Å². The number of nitrogens with zero attached hydrogens (tertiary/aromatic N) is 1. The van der Waals surface area contributed by atoms with Crippen molar-refractivity contribution in [1.82, 2.24) is 5.32 Å². The molecule has 10 heteroatoms. The summed E-state index contributed by atoms with van der Waals surface area (Å²) in [7, 11) is 0. The van der Waals surface area contributed by atoms with E-state index < -0.39 is 29.9 Å². The Morgan fingerprint density at radius 1 is 0.897 bits per heavy atom. The molecule has 0 saturated carbocycles. The summed E-state index contributed by atoms with van der Waals surface area (Å²) in [6.07, 6.45) is 0. The van der Waals surface area contributed by atoms with Crippen molar-refractivity contribution in [3.8, 4) is 0 Å². The average molecular weight is 414 g/mol. The molecule has 10 nitrogen and oxygen atoms in total. The Balaban J connectivity index is 3.48. The third-order valence-electron chi connectivity index (χ3n) is 3.31. The summed E-state index contributed by atoms with van der Waals surface area (Å²) in [5, 5.41) is 2.41. The highest BCUT2D eigenvalue weighted by Crippen LogP contribution is 1.94. The maximum absolute atomic E-state index is 11.7. The maximum Gasteiger partial charge on any atom is 0.333 e. The third kappa shape index (κ3) is 14.2. The van der Waals surface area contributed by atoms with E-state index in [9.17, 15) is 14.4 Å². The normalized spacial score (nSPS) is 12.3. The van der Waals surface area contributed by atoms with E-state index in [1.54, 1.807) is 6.92 Å². The second-order valence-electron chi connectivity index (χ2n) is 5.96. The van der Waals surface area contributed by atoms with Crippen LogP contribution in [-0.4, -0.2) is 82.8 Å². The number of carbonyl (C=O) groups excluding carboxylic acids is 3. The molecular weight excluding hydrogens is 384 g/mol. The molecule has 164 valence electrons. The van der Waals surface area contributed by atoms with Crippen LogP contribution in [0.2, 0.25) is 0 Å². The molecular formula is C19H30N2O8. The van der Waals surface area contributed by atoms with E-state index in [0.29, 0.717) is 32.0 Å². The average Bonchev–Trinajstić information content (AvgIpc) is 2.69. The Bertz CT molecular complexity index is 573. The number of ether oxygens (including phenoxy) is 5. The van der Waals surface area contributed by atoms with E-state index in [1.807, 2.05) is 0 Å². The molecule has 0 radical (unpaired) electrons. The minimum Gasteiger partial charge on any atom is -0.462 e. The Morgan fingerprint density at radius 3 is 1.79 bits per heavy atom. The first-order chi connectivity index (χ1) is 13.8. The largest absolute Gasteiger partial charge is 0.462 e. The number of carbonyl (C=O) groups is 3. The summed E-state index contributed by atoms with van der Waals surface area (Å²) >= 11 is 0. The molecule has 1 amide bonds. The lowest BCUT2D eigenvalue weighted by molar-refractivity contribution is -0.149. The number of esters is 2. The Kier molecular flexibility index (Phi) is 15.1. The van der Waals surface area contributed by atoms with Crippen LogP contribution < -0.4 is 5.32 Å². The van der Waals surface area contributed by atoms with Crippen LogP contribution >= 0.6 is 0 Å². The highest BCUT2D eigenvalue weighted by Gasteiger charge is 2.23. The van der Waals surface area contributed by atoms with Crippen LogP contribution in [0.25, 0.3) is 4.85 Å². The van der Waals surface area contributed by atoms with Crippen molar-refractivity contribution in [2.24, 2.45) is 0 Å². The molecule has 0 aromatic rings. The zero-order chi connectivity index (χ0) is 22.1. The molecule has 0 rings (SSSR count). The quantitative estimate of drug-likeness (QED) is 0.168. The minimum absolute atomic E-state index is 0.0451. The van der Waals surface area contributed by atoms with Crippen molar-refractivity contribution >= 4 is 17.8 Å². The van der Waals surface area contributed by atoms with Gasteiger partial charge in [-0.3, -0.25) is 4.79 Å². The van der Waals surface area contributed by atoms with Gasteiger partial charge in [0, 0.05) is 12.5 Å². The summed E-state index contributed by atoms with van der Waals surface area (Å²) in [4.78, 5) is 37.4. The van der Waals surface area contributed by atoms with Gasteiger partial charge in [-0.2, -0.15) is 0 Å². The van der Waals surface area contributed by atoms with Crippen LogP contribution in [0.5, 0.6) is 0 Å². The van der Waals surface area contributed by atoms with Gasteiger partial charge in [0.25, 0.3) is 6.04 Å². The first-order valence-corrected chi connectivity index (χ1v) is 9.19. The topological polar surface area (TPSA) is 114 Å². The van der Waals surface area contributed by atoms with Gasteiger partial charge in [0.1, 0.15) is 19.3 Å². The molecule has 0 aromatic heterocycles. The van der Waals surface area contributed by atoms with Gasteiger partial charge < -0.3 is 33.8 Å². The Morgan fingerprint density at radius 2 is 1.34 bits per heavy atom. The van der Waals surface area contributed by atoms with Gasteiger partial charge in [0.15, 0.2) is 0 Å². The van der Waals surface area contributed by atoms with Crippen molar-refractivity contribution in [2.45, 2.75) is 32.9 Å². The van der Waals surface area contributed by atoms with Crippen LogP contribution in [0.1, 0.15) is 20.8 Å². The first-order valence-electron chi connectivity index (χ1n) is 9.19. The van der Waals surface area contributed by atoms with Crippen molar-refractivity contribution < 1.29 is 38.1 Å². The van der Waals surface area contributed by atoms with Gasteiger partial charge in [-0.1, -0.05) is 6.58 Å². The molecule has 0 aromatic carbocycles. The first kappa shape index (κ1) is 26.5. The zero-order valence-electron chi connectivity index (χ0n) is 17.2. The van der Waals surface area contributed by atoms with Crippen LogP contribution in [0, 0.1) is 6.57 Å². The predicted octanol–water partition coefficient (Wildman–Crippen LogP) is 0.511. The lowest BCUT2D eigenvalue weighted by Crippen LogP contribution is -2.43. The summed E-state index contributed by atoms with van der Waals surface area (Å²) < 4.78 is 25.6. The molecule has 0 aliphatic heterocycles. The molecule has 29 heavy (non-hydrogen) atoms. The van der Waals surface area contributed by atoms with Gasteiger partial charge in [0.2, 0.25) is 0 Å². The number of amides is 1. The van der Waals surface area contributed by atoms with Crippen molar-refractivity contribution in [3.63, 3.8) is 0 Å². The number of rotatable bonds is 16. The van der Waals surface area contributed by atoms with E-state index in [-0.39, 0.29) is 26.4 Å². The molecule has 0 heterocycles. The molecule has 0 spiro atoms.